The highest BCUT2D eigenvalue weighted by molar-refractivity contribution is 7.98. The third-order valence-corrected chi connectivity index (χ3v) is 4.34. The minimum atomic E-state index is 0.705. The Kier molecular flexibility index (Phi) is 3.04. The molecule has 0 amide bonds. The predicted molar refractivity (Wildman–Crippen MR) is 75.7 cm³/mol. The molecule has 2 N–H and O–H groups in total. The molecule has 1 aliphatic carbocycles. The lowest BCUT2D eigenvalue weighted by Crippen LogP contribution is -1.97. The van der Waals surface area contributed by atoms with Crippen LogP contribution in [0.25, 0.3) is 0 Å². The lowest BCUT2D eigenvalue weighted by Gasteiger charge is -2.07. The van der Waals surface area contributed by atoms with Crippen molar-refractivity contribution < 1.29 is 0 Å². The Bertz CT molecular complexity index is 558. The van der Waals surface area contributed by atoms with Crippen molar-refractivity contribution in [3.8, 4) is 0 Å². The predicted octanol–water partition coefficient (Wildman–Crippen LogP) is 3.40. The van der Waals surface area contributed by atoms with Crippen molar-refractivity contribution in [1.29, 1.82) is 0 Å². The van der Waals surface area contributed by atoms with Crippen LogP contribution in [-0.4, -0.2) is 9.55 Å². The summed E-state index contributed by atoms with van der Waals surface area (Å²) in [5, 5.41) is 0. The van der Waals surface area contributed by atoms with Crippen LogP contribution in [0.1, 0.15) is 30.1 Å². The molecule has 1 aliphatic rings. The van der Waals surface area contributed by atoms with Gasteiger partial charge in [0.25, 0.3) is 0 Å². The topological polar surface area (TPSA) is 43.8 Å². The SMILES string of the molecule is Cc1cc(SCc2cncn2C2CC2)ccc1N. The Morgan fingerprint density at radius 2 is 2.28 bits per heavy atom. The highest BCUT2D eigenvalue weighted by Crippen LogP contribution is 2.37. The van der Waals surface area contributed by atoms with Gasteiger partial charge in [-0.15, -0.1) is 11.8 Å². The average molecular weight is 259 g/mol. The maximum atomic E-state index is 5.83. The van der Waals surface area contributed by atoms with Gasteiger partial charge in [0, 0.05) is 34.3 Å². The number of aromatic nitrogens is 2. The fraction of sp³-hybridized carbons (Fsp3) is 0.357. The molecule has 3 rings (SSSR count). The Morgan fingerprint density at radius 1 is 1.44 bits per heavy atom. The van der Waals surface area contributed by atoms with Gasteiger partial charge >= 0.3 is 0 Å². The molecule has 0 unspecified atom stereocenters. The minimum absolute atomic E-state index is 0.705. The summed E-state index contributed by atoms with van der Waals surface area (Å²) in [6, 6.07) is 6.93. The molecule has 0 atom stereocenters. The summed E-state index contributed by atoms with van der Waals surface area (Å²) in [6.45, 7) is 2.05. The molecule has 0 aliphatic heterocycles. The summed E-state index contributed by atoms with van der Waals surface area (Å²) in [5.41, 5.74) is 9.16. The van der Waals surface area contributed by atoms with Gasteiger partial charge in [-0.1, -0.05) is 0 Å². The molecule has 0 bridgehead atoms. The number of imidazole rings is 1. The van der Waals surface area contributed by atoms with Crippen molar-refractivity contribution in [3.63, 3.8) is 0 Å². The standard InChI is InChI=1S/C14H17N3S/c1-10-6-13(4-5-14(10)15)18-8-12-7-16-9-17(12)11-2-3-11/h4-7,9,11H,2-3,8,15H2,1H3. The molecule has 18 heavy (non-hydrogen) atoms. The second kappa shape index (κ2) is 4.69. The molecule has 0 saturated heterocycles. The van der Waals surface area contributed by atoms with Gasteiger partial charge in [0.2, 0.25) is 0 Å². The third-order valence-electron chi connectivity index (χ3n) is 3.31. The van der Waals surface area contributed by atoms with E-state index in [0.717, 1.165) is 17.0 Å². The maximum absolute atomic E-state index is 5.83. The first-order valence-corrected chi connectivity index (χ1v) is 7.22. The van der Waals surface area contributed by atoms with Crippen LogP contribution in [0.15, 0.2) is 35.6 Å². The number of nitrogens with zero attached hydrogens (tertiary/aromatic N) is 2. The van der Waals surface area contributed by atoms with E-state index in [9.17, 15) is 0 Å². The normalized spacial score (nSPS) is 14.9. The minimum Gasteiger partial charge on any atom is -0.399 e. The highest BCUT2D eigenvalue weighted by Gasteiger charge is 2.24. The van der Waals surface area contributed by atoms with Crippen LogP contribution in [0, 0.1) is 6.92 Å². The number of benzene rings is 1. The summed E-state index contributed by atoms with van der Waals surface area (Å²) in [5.74, 6) is 0.972. The van der Waals surface area contributed by atoms with Crippen molar-refractivity contribution >= 4 is 17.4 Å². The smallest absolute Gasteiger partial charge is 0.0951 e. The summed E-state index contributed by atoms with van der Waals surface area (Å²) in [4.78, 5) is 5.53. The Morgan fingerprint density at radius 3 is 3.00 bits per heavy atom. The van der Waals surface area contributed by atoms with Crippen molar-refractivity contribution in [2.75, 3.05) is 5.73 Å². The number of rotatable bonds is 4. The second-order valence-electron chi connectivity index (χ2n) is 4.83. The van der Waals surface area contributed by atoms with Gasteiger partial charge in [-0.2, -0.15) is 0 Å². The molecule has 1 fully saturated rings. The maximum Gasteiger partial charge on any atom is 0.0951 e. The van der Waals surface area contributed by atoms with Crippen molar-refractivity contribution in [3.05, 3.63) is 42.0 Å². The summed E-state index contributed by atoms with van der Waals surface area (Å²) < 4.78 is 2.32. The molecular formula is C14H17N3S. The summed E-state index contributed by atoms with van der Waals surface area (Å²) >= 11 is 1.84. The summed E-state index contributed by atoms with van der Waals surface area (Å²) in [6.07, 6.45) is 6.54. The third kappa shape index (κ3) is 2.38. The van der Waals surface area contributed by atoms with Crippen LogP contribution < -0.4 is 5.73 Å². The van der Waals surface area contributed by atoms with Crippen molar-refractivity contribution in [2.24, 2.45) is 0 Å². The zero-order valence-electron chi connectivity index (χ0n) is 10.5. The lowest BCUT2D eigenvalue weighted by molar-refractivity contribution is 0.714. The zero-order chi connectivity index (χ0) is 12.5. The Hall–Kier alpha value is -1.42. The molecule has 1 saturated carbocycles. The fourth-order valence-electron chi connectivity index (χ4n) is 2.02. The molecule has 2 aromatic rings. The quantitative estimate of drug-likeness (QED) is 0.676. The van der Waals surface area contributed by atoms with Crippen LogP contribution >= 0.6 is 11.8 Å². The van der Waals surface area contributed by atoms with Crippen LogP contribution in [-0.2, 0) is 5.75 Å². The van der Waals surface area contributed by atoms with Gasteiger partial charge in [0.05, 0.1) is 6.33 Å². The number of aryl methyl sites for hydroxylation is 1. The molecule has 4 heteroatoms. The van der Waals surface area contributed by atoms with E-state index in [1.807, 2.05) is 37.3 Å². The number of nitrogen functional groups attached to an aromatic ring is 1. The number of thioether (sulfide) groups is 1. The monoisotopic (exact) mass is 259 g/mol. The number of nitrogens with two attached hydrogens (primary N) is 1. The molecule has 0 spiro atoms. The van der Waals surface area contributed by atoms with E-state index in [0.29, 0.717) is 6.04 Å². The van der Waals surface area contributed by atoms with E-state index in [4.69, 9.17) is 5.73 Å². The first-order chi connectivity index (χ1) is 8.74. The molecule has 1 aromatic carbocycles. The van der Waals surface area contributed by atoms with Gasteiger partial charge in [-0.3, -0.25) is 0 Å². The fourth-order valence-corrected chi connectivity index (χ4v) is 2.98. The first kappa shape index (κ1) is 11.7. The molecule has 1 aromatic heterocycles. The molecule has 1 heterocycles. The van der Waals surface area contributed by atoms with Crippen molar-refractivity contribution in [1.82, 2.24) is 9.55 Å². The average Bonchev–Trinajstić information content (AvgIpc) is 3.10. The summed E-state index contributed by atoms with van der Waals surface area (Å²) in [7, 11) is 0. The van der Waals surface area contributed by atoms with E-state index in [2.05, 4.69) is 21.7 Å². The van der Waals surface area contributed by atoms with E-state index >= 15 is 0 Å². The van der Waals surface area contributed by atoms with Gasteiger partial charge in [0.1, 0.15) is 0 Å². The van der Waals surface area contributed by atoms with Crippen molar-refractivity contribution in [2.45, 2.75) is 36.5 Å². The number of hydrogen-bond donors (Lipinski definition) is 1. The van der Waals surface area contributed by atoms with E-state index in [1.54, 1.807) is 0 Å². The lowest BCUT2D eigenvalue weighted by atomic mass is 10.2. The molecular weight excluding hydrogens is 242 g/mol. The highest BCUT2D eigenvalue weighted by atomic mass is 32.2. The first-order valence-electron chi connectivity index (χ1n) is 6.23. The van der Waals surface area contributed by atoms with E-state index < -0.39 is 0 Å². The molecule has 94 valence electrons. The van der Waals surface area contributed by atoms with E-state index in [-0.39, 0.29) is 0 Å². The number of anilines is 1. The Labute approximate surface area is 111 Å². The van der Waals surface area contributed by atoms with Crippen LogP contribution in [0.5, 0.6) is 0 Å². The largest absolute Gasteiger partial charge is 0.399 e. The van der Waals surface area contributed by atoms with Gasteiger partial charge in [-0.05, 0) is 43.5 Å². The van der Waals surface area contributed by atoms with Crippen LogP contribution in [0.3, 0.4) is 0 Å². The molecule has 3 nitrogen and oxygen atoms in total. The molecule has 0 radical (unpaired) electrons. The Balaban J connectivity index is 1.69. The number of hydrogen-bond acceptors (Lipinski definition) is 3. The van der Waals surface area contributed by atoms with Crippen LogP contribution in [0.4, 0.5) is 5.69 Å². The van der Waals surface area contributed by atoms with Gasteiger partial charge in [0.15, 0.2) is 0 Å². The van der Waals surface area contributed by atoms with E-state index in [1.165, 1.54) is 23.4 Å². The second-order valence-corrected chi connectivity index (χ2v) is 5.88. The van der Waals surface area contributed by atoms with Gasteiger partial charge in [-0.25, -0.2) is 4.98 Å². The zero-order valence-corrected chi connectivity index (χ0v) is 11.3. The van der Waals surface area contributed by atoms with Crippen LogP contribution in [0.2, 0.25) is 0 Å². The van der Waals surface area contributed by atoms with Gasteiger partial charge < -0.3 is 10.3 Å².